The van der Waals surface area contributed by atoms with Gasteiger partial charge in [0.15, 0.2) is 0 Å². The molecule has 0 aliphatic rings. The van der Waals surface area contributed by atoms with Crippen molar-refractivity contribution in [1.29, 1.82) is 0 Å². The van der Waals surface area contributed by atoms with Crippen LogP contribution >= 0.6 is 23.2 Å². The third-order valence-electron chi connectivity index (χ3n) is 3.40. The Labute approximate surface area is 126 Å². The molecule has 0 aliphatic heterocycles. The number of benzene rings is 1. The Bertz CT molecular complexity index is 380. The maximum Gasteiger partial charge on any atom is 0.0642 e. The Balaban J connectivity index is 3.01. The van der Waals surface area contributed by atoms with Crippen LogP contribution in [0.2, 0.25) is 5.02 Å². The third kappa shape index (κ3) is 4.55. The summed E-state index contributed by atoms with van der Waals surface area (Å²) in [4.78, 5) is 2.34. The summed E-state index contributed by atoms with van der Waals surface area (Å²) in [6.45, 7) is 5.96. The number of anilines is 1. The molecule has 0 amide bonds. The van der Waals surface area contributed by atoms with Gasteiger partial charge in [0.1, 0.15) is 0 Å². The van der Waals surface area contributed by atoms with Gasteiger partial charge in [-0.05, 0) is 30.5 Å². The fraction of sp³-hybridized carbons (Fsp3) is 0.600. The molecule has 0 aliphatic carbocycles. The van der Waals surface area contributed by atoms with Crippen molar-refractivity contribution < 1.29 is 4.74 Å². The van der Waals surface area contributed by atoms with E-state index in [4.69, 9.17) is 27.9 Å². The molecule has 0 N–H and O–H groups in total. The number of methoxy groups -OCH3 is 1. The van der Waals surface area contributed by atoms with Crippen molar-refractivity contribution >= 4 is 28.9 Å². The van der Waals surface area contributed by atoms with Crippen molar-refractivity contribution in [3.63, 3.8) is 0 Å². The lowest BCUT2D eigenvalue weighted by atomic mass is 10.1. The predicted octanol–water partition coefficient (Wildman–Crippen LogP) is 4.72. The van der Waals surface area contributed by atoms with E-state index in [9.17, 15) is 0 Å². The van der Waals surface area contributed by atoms with Crippen LogP contribution < -0.4 is 4.90 Å². The highest BCUT2D eigenvalue weighted by atomic mass is 35.5. The summed E-state index contributed by atoms with van der Waals surface area (Å²) in [6, 6.07) is 6.53. The van der Waals surface area contributed by atoms with Crippen molar-refractivity contribution in [2.24, 2.45) is 0 Å². The summed E-state index contributed by atoms with van der Waals surface area (Å²) in [6.07, 6.45) is 2.18. The summed E-state index contributed by atoms with van der Waals surface area (Å²) in [5.41, 5.74) is 2.12. The van der Waals surface area contributed by atoms with E-state index in [0.29, 0.717) is 18.5 Å². The number of rotatable bonds is 8. The van der Waals surface area contributed by atoms with Crippen LogP contribution in [-0.2, 0) is 10.6 Å². The van der Waals surface area contributed by atoms with Crippen LogP contribution in [0.15, 0.2) is 18.2 Å². The largest absolute Gasteiger partial charge is 0.383 e. The summed E-state index contributed by atoms with van der Waals surface area (Å²) in [7, 11) is 1.73. The van der Waals surface area contributed by atoms with Gasteiger partial charge >= 0.3 is 0 Å². The van der Waals surface area contributed by atoms with E-state index in [0.717, 1.165) is 35.7 Å². The van der Waals surface area contributed by atoms with Gasteiger partial charge in [-0.3, -0.25) is 0 Å². The summed E-state index contributed by atoms with van der Waals surface area (Å²) in [5, 5.41) is 0.765. The number of hydrogen-bond donors (Lipinski definition) is 0. The van der Waals surface area contributed by atoms with Crippen LogP contribution in [0.4, 0.5) is 5.69 Å². The van der Waals surface area contributed by atoms with Gasteiger partial charge in [0.25, 0.3) is 0 Å². The average molecular weight is 304 g/mol. The van der Waals surface area contributed by atoms with Crippen LogP contribution in [0, 0.1) is 0 Å². The molecule has 0 heterocycles. The van der Waals surface area contributed by atoms with Crippen molar-refractivity contribution in [1.82, 2.24) is 0 Å². The molecular weight excluding hydrogens is 281 g/mol. The first-order valence-electron chi connectivity index (χ1n) is 6.77. The molecule has 0 unspecified atom stereocenters. The smallest absolute Gasteiger partial charge is 0.0642 e. The fourth-order valence-electron chi connectivity index (χ4n) is 2.29. The second kappa shape index (κ2) is 8.68. The Morgan fingerprint density at radius 1 is 1.26 bits per heavy atom. The second-order valence-corrected chi connectivity index (χ2v) is 5.25. The van der Waals surface area contributed by atoms with Crippen molar-refractivity contribution in [2.45, 2.75) is 38.6 Å². The minimum absolute atomic E-state index is 0.481. The van der Waals surface area contributed by atoms with Crippen molar-refractivity contribution in [3.8, 4) is 0 Å². The van der Waals surface area contributed by atoms with E-state index in [1.54, 1.807) is 7.11 Å². The zero-order chi connectivity index (χ0) is 14.3. The normalized spacial score (nSPS) is 11.1. The Morgan fingerprint density at radius 2 is 1.95 bits per heavy atom. The van der Waals surface area contributed by atoms with E-state index >= 15 is 0 Å². The minimum Gasteiger partial charge on any atom is -0.383 e. The molecule has 0 saturated heterocycles. The van der Waals surface area contributed by atoms with E-state index in [1.165, 1.54) is 0 Å². The van der Waals surface area contributed by atoms with Crippen LogP contribution in [0.25, 0.3) is 0 Å². The van der Waals surface area contributed by atoms with Gasteiger partial charge in [-0.15, -0.1) is 11.6 Å². The third-order valence-corrected chi connectivity index (χ3v) is 4.01. The van der Waals surface area contributed by atoms with Crippen molar-refractivity contribution in [3.05, 3.63) is 28.8 Å². The molecule has 1 aromatic rings. The van der Waals surface area contributed by atoms with E-state index < -0.39 is 0 Å². The SMILES string of the molecule is CCC(CC)N(CCOC)c1ccc(CCl)cc1Cl. The lowest BCUT2D eigenvalue weighted by molar-refractivity contribution is 0.202. The average Bonchev–Trinajstić information content (AvgIpc) is 2.44. The number of alkyl halides is 1. The minimum atomic E-state index is 0.481. The fourth-order valence-corrected chi connectivity index (χ4v) is 2.76. The topological polar surface area (TPSA) is 12.5 Å². The molecule has 0 bridgehead atoms. The quantitative estimate of drug-likeness (QED) is 0.644. The molecule has 0 fully saturated rings. The van der Waals surface area contributed by atoms with Gasteiger partial charge in [0, 0.05) is 25.6 Å². The highest BCUT2D eigenvalue weighted by Gasteiger charge is 2.18. The molecule has 0 spiro atoms. The highest BCUT2D eigenvalue weighted by molar-refractivity contribution is 6.33. The molecule has 19 heavy (non-hydrogen) atoms. The zero-order valence-corrected chi connectivity index (χ0v) is 13.5. The summed E-state index contributed by atoms with van der Waals surface area (Å²) in [5.74, 6) is 0.489. The van der Waals surface area contributed by atoms with Crippen LogP contribution in [0.1, 0.15) is 32.3 Å². The predicted molar refractivity (Wildman–Crippen MR) is 84.6 cm³/mol. The molecule has 1 aromatic carbocycles. The molecule has 0 atom stereocenters. The zero-order valence-electron chi connectivity index (χ0n) is 12.0. The van der Waals surface area contributed by atoms with Gasteiger partial charge in [-0.1, -0.05) is 31.5 Å². The Kier molecular flexibility index (Phi) is 7.59. The van der Waals surface area contributed by atoms with Gasteiger partial charge < -0.3 is 9.64 Å². The first-order chi connectivity index (χ1) is 9.17. The van der Waals surface area contributed by atoms with Gasteiger partial charge in [0.2, 0.25) is 0 Å². The van der Waals surface area contributed by atoms with Gasteiger partial charge in [0.05, 0.1) is 17.3 Å². The molecule has 0 saturated carbocycles. The van der Waals surface area contributed by atoms with Crippen molar-refractivity contribution in [2.75, 3.05) is 25.2 Å². The molecule has 1 rings (SSSR count). The molecule has 0 radical (unpaired) electrons. The maximum absolute atomic E-state index is 6.40. The van der Waals surface area contributed by atoms with E-state index in [2.05, 4.69) is 24.8 Å². The maximum atomic E-state index is 6.40. The van der Waals surface area contributed by atoms with Crippen LogP contribution in [0.5, 0.6) is 0 Å². The summed E-state index contributed by atoms with van der Waals surface area (Å²) >= 11 is 12.2. The molecule has 0 aromatic heterocycles. The first-order valence-corrected chi connectivity index (χ1v) is 7.69. The molecule has 4 heteroatoms. The lowest BCUT2D eigenvalue weighted by Crippen LogP contribution is -2.37. The first kappa shape index (κ1) is 16.6. The molecule has 108 valence electrons. The molecular formula is C15H23Cl2NO. The van der Waals surface area contributed by atoms with Crippen LogP contribution in [-0.4, -0.2) is 26.3 Å². The molecule has 2 nitrogen and oxygen atoms in total. The lowest BCUT2D eigenvalue weighted by Gasteiger charge is -2.33. The standard InChI is InChI=1S/C15H23Cl2NO/c1-4-13(5-2)18(8-9-19-3)15-7-6-12(11-16)10-14(15)17/h6-7,10,13H,4-5,8-9,11H2,1-3H3. The highest BCUT2D eigenvalue weighted by Crippen LogP contribution is 2.30. The number of hydrogen-bond acceptors (Lipinski definition) is 2. The van der Waals surface area contributed by atoms with Crippen LogP contribution in [0.3, 0.4) is 0 Å². The number of halogens is 2. The Hall–Kier alpha value is -0.440. The van der Waals surface area contributed by atoms with E-state index in [1.807, 2.05) is 12.1 Å². The van der Waals surface area contributed by atoms with Gasteiger partial charge in [-0.25, -0.2) is 0 Å². The van der Waals surface area contributed by atoms with E-state index in [-0.39, 0.29) is 0 Å². The monoisotopic (exact) mass is 303 g/mol. The van der Waals surface area contributed by atoms with Gasteiger partial charge in [-0.2, -0.15) is 0 Å². The summed E-state index contributed by atoms with van der Waals surface area (Å²) < 4.78 is 5.21. The number of nitrogens with zero attached hydrogens (tertiary/aromatic N) is 1. The number of ether oxygens (including phenoxy) is 1. The second-order valence-electron chi connectivity index (χ2n) is 4.58. The Morgan fingerprint density at radius 3 is 2.42 bits per heavy atom.